The fourth-order valence-electron chi connectivity index (χ4n) is 2.41. The van der Waals surface area contributed by atoms with E-state index < -0.39 is 0 Å². The van der Waals surface area contributed by atoms with E-state index >= 15 is 0 Å². The van der Waals surface area contributed by atoms with Crippen molar-refractivity contribution in [2.24, 2.45) is 5.92 Å². The van der Waals surface area contributed by atoms with Crippen molar-refractivity contribution in [3.05, 3.63) is 29.8 Å². The van der Waals surface area contributed by atoms with E-state index in [1.165, 1.54) is 5.56 Å². The Morgan fingerprint density at radius 2 is 1.94 bits per heavy atom. The van der Waals surface area contributed by atoms with E-state index in [1.807, 2.05) is 19.1 Å². The summed E-state index contributed by atoms with van der Waals surface area (Å²) < 4.78 is 5.40. The van der Waals surface area contributed by atoms with E-state index in [0.717, 1.165) is 12.2 Å². The van der Waals surface area contributed by atoms with Gasteiger partial charge >= 0.3 is 0 Å². The lowest BCUT2D eigenvalue weighted by molar-refractivity contribution is -0.131. The summed E-state index contributed by atoms with van der Waals surface area (Å²) in [7, 11) is 0. The summed E-state index contributed by atoms with van der Waals surface area (Å²) in [5.74, 6) is 2.01. The quantitative estimate of drug-likeness (QED) is 0.776. The number of Topliss-reactive ketones (excluding diaryl/α,β-unsaturated/α-hetero) is 1. The first-order valence-corrected chi connectivity index (χ1v) is 6.01. The summed E-state index contributed by atoms with van der Waals surface area (Å²) >= 11 is 0. The van der Waals surface area contributed by atoms with Crippen molar-refractivity contribution in [3.63, 3.8) is 0 Å². The second kappa shape index (κ2) is 4.69. The summed E-state index contributed by atoms with van der Waals surface area (Å²) in [6, 6.07) is 8.16. The monoisotopic (exact) mass is 218 g/mol. The van der Waals surface area contributed by atoms with Crippen molar-refractivity contribution in [2.45, 2.75) is 32.6 Å². The summed E-state index contributed by atoms with van der Waals surface area (Å²) in [5.41, 5.74) is 1.27. The molecule has 2 rings (SSSR count). The van der Waals surface area contributed by atoms with Crippen molar-refractivity contribution in [1.29, 1.82) is 0 Å². The molecule has 0 spiro atoms. The molecule has 86 valence electrons. The molecule has 2 nitrogen and oxygen atoms in total. The van der Waals surface area contributed by atoms with Crippen molar-refractivity contribution in [1.82, 2.24) is 0 Å². The number of carbonyl (C=O) groups is 1. The van der Waals surface area contributed by atoms with Crippen molar-refractivity contribution < 1.29 is 9.53 Å². The van der Waals surface area contributed by atoms with E-state index in [0.29, 0.717) is 24.7 Å². The fraction of sp³-hybridized carbons (Fsp3) is 0.500. The number of ether oxygens (including phenoxy) is 1. The van der Waals surface area contributed by atoms with Crippen LogP contribution >= 0.6 is 0 Å². The topological polar surface area (TPSA) is 26.3 Å². The van der Waals surface area contributed by atoms with Gasteiger partial charge in [-0.3, -0.25) is 4.79 Å². The van der Waals surface area contributed by atoms with Gasteiger partial charge in [-0.2, -0.15) is 0 Å². The molecule has 2 heteroatoms. The van der Waals surface area contributed by atoms with Gasteiger partial charge in [-0.25, -0.2) is 0 Å². The maximum absolute atomic E-state index is 11.4. The zero-order chi connectivity index (χ0) is 11.5. The Kier molecular flexibility index (Phi) is 3.28. The summed E-state index contributed by atoms with van der Waals surface area (Å²) in [5, 5.41) is 0. The predicted octanol–water partition coefficient (Wildman–Crippen LogP) is 3.17. The van der Waals surface area contributed by atoms with Gasteiger partial charge in [0, 0.05) is 18.3 Å². The molecule has 1 fully saturated rings. The van der Waals surface area contributed by atoms with Gasteiger partial charge in [0.15, 0.2) is 0 Å². The van der Waals surface area contributed by atoms with Crippen LogP contribution in [0.5, 0.6) is 5.75 Å². The highest BCUT2D eigenvalue weighted by Gasteiger charge is 2.38. The van der Waals surface area contributed by atoms with E-state index in [9.17, 15) is 4.79 Å². The Morgan fingerprint density at radius 3 is 2.44 bits per heavy atom. The van der Waals surface area contributed by atoms with Gasteiger partial charge in [0.1, 0.15) is 11.5 Å². The fourth-order valence-corrected chi connectivity index (χ4v) is 2.41. The number of ketones is 1. The van der Waals surface area contributed by atoms with Crippen molar-refractivity contribution >= 4 is 5.78 Å². The van der Waals surface area contributed by atoms with Gasteiger partial charge in [-0.15, -0.1) is 0 Å². The molecular weight excluding hydrogens is 200 g/mol. The number of carbonyl (C=O) groups excluding carboxylic acids is 1. The number of rotatable bonds is 4. The molecule has 0 saturated heterocycles. The van der Waals surface area contributed by atoms with Gasteiger partial charge in [0.05, 0.1) is 6.61 Å². The standard InChI is InChI=1S/C14H18O2/c1-3-12-13(9-14(12)15)10-5-7-11(8-6-10)16-4-2/h5-8,12-13H,3-4,9H2,1-2H3. The van der Waals surface area contributed by atoms with E-state index in [-0.39, 0.29) is 5.92 Å². The third-order valence-corrected chi connectivity index (χ3v) is 3.38. The number of hydrogen-bond acceptors (Lipinski definition) is 2. The normalized spacial score (nSPS) is 24.0. The molecule has 0 bridgehead atoms. The average Bonchev–Trinajstić information content (AvgIpc) is 2.28. The first-order chi connectivity index (χ1) is 7.76. The minimum atomic E-state index is 0.248. The predicted molar refractivity (Wildman–Crippen MR) is 63.8 cm³/mol. The van der Waals surface area contributed by atoms with Crippen LogP contribution < -0.4 is 4.74 Å². The van der Waals surface area contributed by atoms with Gasteiger partial charge < -0.3 is 4.74 Å². The summed E-state index contributed by atoms with van der Waals surface area (Å²) in [6.07, 6.45) is 1.67. The lowest BCUT2D eigenvalue weighted by atomic mass is 9.68. The molecule has 0 aliphatic heterocycles. The van der Waals surface area contributed by atoms with Crippen LogP contribution in [0.25, 0.3) is 0 Å². The van der Waals surface area contributed by atoms with Crippen molar-refractivity contribution in [2.75, 3.05) is 6.61 Å². The van der Waals surface area contributed by atoms with Gasteiger partial charge in [-0.1, -0.05) is 19.1 Å². The Morgan fingerprint density at radius 1 is 1.25 bits per heavy atom. The lowest BCUT2D eigenvalue weighted by Gasteiger charge is -2.34. The first-order valence-electron chi connectivity index (χ1n) is 6.01. The Hall–Kier alpha value is -1.31. The highest BCUT2D eigenvalue weighted by Crippen LogP contribution is 2.41. The van der Waals surface area contributed by atoms with Crippen LogP contribution in [0.2, 0.25) is 0 Å². The maximum atomic E-state index is 11.4. The molecule has 0 amide bonds. The van der Waals surface area contributed by atoms with Crippen LogP contribution in [0.4, 0.5) is 0 Å². The Labute approximate surface area is 96.6 Å². The van der Waals surface area contributed by atoms with Crippen molar-refractivity contribution in [3.8, 4) is 5.75 Å². The molecule has 1 aromatic carbocycles. The first kappa shape index (κ1) is 11.2. The number of benzene rings is 1. The van der Waals surface area contributed by atoms with E-state index in [4.69, 9.17) is 4.74 Å². The van der Waals surface area contributed by atoms with Crippen LogP contribution in [0.1, 0.15) is 38.2 Å². The van der Waals surface area contributed by atoms with Crippen LogP contribution in [0, 0.1) is 5.92 Å². The SMILES string of the molecule is CCOc1ccc(C2CC(=O)C2CC)cc1. The molecule has 1 saturated carbocycles. The lowest BCUT2D eigenvalue weighted by Crippen LogP contribution is -2.34. The Bertz CT molecular complexity index is 367. The zero-order valence-electron chi connectivity index (χ0n) is 9.90. The minimum absolute atomic E-state index is 0.248. The average molecular weight is 218 g/mol. The Balaban J connectivity index is 2.07. The zero-order valence-corrected chi connectivity index (χ0v) is 9.90. The molecular formula is C14H18O2. The van der Waals surface area contributed by atoms with Gasteiger partial charge in [-0.05, 0) is 31.0 Å². The molecule has 1 aliphatic carbocycles. The molecule has 0 N–H and O–H groups in total. The maximum Gasteiger partial charge on any atom is 0.137 e. The van der Waals surface area contributed by atoms with Crippen LogP contribution in [0.3, 0.4) is 0 Å². The molecule has 16 heavy (non-hydrogen) atoms. The highest BCUT2D eigenvalue weighted by molar-refractivity contribution is 5.89. The summed E-state index contributed by atoms with van der Waals surface area (Å²) in [4.78, 5) is 11.4. The van der Waals surface area contributed by atoms with E-state index in [1.54, 1.807) is 0 Å². The number of hydrogen-bond donors (Lipinski definition) is 0. The molecule has 2 unspecified atom stereocenters. The summed E-state index contributed by atoms with van der Waals surface area (Å²) in [6.45, 7) is 4.76. The molecule has 1 aromatic rings. The van der Waals surface area contributed by atoms with Gasteiger partial charge in [0.2, 0.25) is 0 Å². The second-order valence-electron chi connectivity index (χ2n) is 4.29. The highest BCUT2D eigenvalue weighted by atomic mass is 16.5. The van der Waals surface area contributed by atoms with Gasteiger partial charge in [0.25, 0.3) is 0 Å². The van der Waals surface area contributed by atoms with Crippen LogP contribution in [-0.2, 0) is 4.79 Å². The largest absolute Gasteiger partial charge is 0.494 e. The van der Waals surface area contributed by atoms with E-state index in [2.05, 4.69) is 19.1 Å². The molecule has 0 aromatic heterocycles. The van der Waals surface area contributed by atoms with Crippen LogP contribution in [0.15, 0.2) is 24.3 Å². The third kappa shape index (κ3) is 1.97. The molecule has 1 aliphatic rings. The minimum Gasteiger partial charge on any atom is -0.494 e. The second-order valence-corrected chi connectivity index (χ2v) is 4.29. The molecule has 0 radical (unpaired) electrons. The smallest absolute Gasteiger partial charge is 0.137 e. The van der Waals surface area contributed by atoms with Crippen LogP contribution in [-0.4, -0.2) is 12.4 Å². The molecule has 0 heterocycles. The molecule has 2 atom stereocenters. The third-order valence-electron chi connectivity index (χ3n) is 3.38.